The summed E-state index contributed by atoms with van der Waals surface area (Å²) in [5.74, 6) is -1.85. The van der Waals surface area contributed by atoms with E-state index < -0.39 is 23.7 Å². The first-order chi connectivity index (χ1) is 9.01. The van der Waals surface area contributed by atoms with Gasteiger partial charge in [-0.3, -0.25) is 0 Å². The Morgan fingerprint density at radius 3 is 2.32 bits per heavy atom. The van der Waals surface area contributed by atoms with E-state index in [0.29, 0.717) is 5.56 Å². The highest BCUT2D eigenvalue weighted by Gasteiger charge is 2.23. The topological polar surface area (TPSA) is 46.2 Å². The second-order valence-electron chi connectivity index (χ2n) is 4.44. The van der Waals surface area contributed by atoms with Gasteiger partial charge in [-0.15, -0.1) is 11.3 Å². The number of hydrogen-bond donors (Lipinski definition) is 2. The normalized spacial score (nSPS) is 14.4. The number of aryl methyl sites for hydroxylation is 1. The number of thiophene rings is 1. The second-order valence-corrected chi connectivity index (χ2v) is 5.76. The van der Waals surface area contributed by atoms with Crippen LogP contribution in [0.25, 0.3) is 0 Å². The van der Waals surface area contributed by atoms with E-state index in [4.69, 9.17) is 5.73 Å². The van der Waals surface area contributed by atoms with Crippen molar-refractivity contribution < 1.29 is 13.9 Å². The Morgan fingerprint density at radius 2 is 1.84 bits per heavy atom. The summed E-state index contributed by atoms with van der Waals surface area (Å²) in [6, 6.07) is 6.93. The molecule has 0 aliphatic heterocycles. The highest BCUT2D eigenvalue weighted by atomic mass is 32.1. The molecule has 0 saturated carbocycles. The lowest BCUT2D eigenvalue weighted by Crippen LogP contribution is -2.20. The first kappa shape index (κ1) is 14.1. The Hall–Kier alpha value is -1.30. The molecule has 2 rings (SSSR count). The fourth-order valence-electron chi connectivity index (χ4n) is 2.05. The number of benzene rings is 1. The van der Waals surface area contributed by atoms with Gasteiger partial charge in [-0.05, 0) is 36.8 Å². The van der Waals surface area contributed by atoms with Crippen LogP contribution in [-0.4, -0.2) is 11.7 Å². The molecule has 2 aromatic rings. The summed E-state index contributed by atoms with van der Waals surface area (Å²) in [5.41, 5.74) is 6.02. The molecule has 0 bridgehead atoms. The average molecular weight is 283 g/mol. The fraction of sp³-hybridized carbons (Fsp3) is 0.286. The van der Waals surface area contributed by atoms with E-state index in [1.807, 2.05) is 19.1 Å². The molecule has 2 unspecified atom stereocenters. The third-order valence-electron chi connectivity index (χ3n) is 3.00. The van der Waals surface area contributed by atoms with E-state index in [-0.39, 0.29) is 6.54 Å². The minimum absolute atomic E-state index is 0.112. The van der Waals surface area contributed by atoms with Crippen LogP contribution in [0.4, 0.5) is 8.78 Å². The third-order valence-corrected chi connectivity index (χ3v) is 4.07. The maximum Gasteiger partial charge on any atom is 0.126 e. The van der Waals surface area contributed by atoms with Crippen LogP contribution in [0.5, 0.6) is 0 Å². The van der Waals surface area contributed by atoms with Gasteiger partial charge in [0.1, 0.15) is 11.6 Å². The van der Waals surface area contributed by atoms with Crippen LogP contribution >= 0.6 is 11.3 Å². The van der Waals surface area contributed by atoms with Crippen LogP contribution in [0.1, 0.15) is 27.3 Å². The highest BCUT2D eigenvalue weighted by Crippen LogP contribution is 2.34. The van der Waals surface area contributed by atoms with Crippen LogP contribution in [-0.2, 0) is 0 Å². The van der Waals surface area contributed by atoms with Gasteiger partial charge in [0.05, 0.1) is 6.10 Å². The molecule has 0 spiro atoms. The molecule has 2 atom stereocenters. The zero-order valence-corrected chi connectivity index (χ0v) is 11.3. The van der Waals surface area contributed by atoms with Crippen LogP contribution in [0.2, 0.25) is 0 Å². The lowest BCUT2D eigenvalue weighted by molar-refractivity contribution is 0.151. The van der Waals surface area contributed by atoms with Gasteiger partial charge >= 0.3 is 0 Å². The number of aliphatic hydroxyl groups is 1. The summed E-state index contributed by atoms with van der Waals surface area (Å²) in [4.78, 5) is 1.81. The molecule has 19 heavy (non-hydrogen) atoms. The third kappa shape index (κ3) is 3.18. The van der Waals surface area contributed by atoms with Crippen molar-refractivity contribution in [3.8, 4) is 0 Å². The molecule has 5 heteroatoms. The largest absolute Gasteiger partial charge is 0.387 e. The minimum atomic E-state index is -0.857. The number of nitrogens with two attached hydrogens (primary N) is 1. The zero-order valence-electron chi connectivity index (χ0n) is 10.4. The molecule has 1 heterocycles. The number of hydrogen-bond acceptors (Lipinski definition) is 3. The maximum atomic E-state index is 13.2. The molecule has 1 aromatic heterocycles. The standard InChI is InChI=1S/C14H15F2NOS/c1-8-2-3-13(19-8)14(18)12(7-17)9-4-10(15)6-11(16)5-9/h2-6,12,14,18H,7,17H2,1H3. The lowest BCUT2D eigenvalue weighted by atomic mass is 9.92. The summed E-state index contributed by atoms with van der Waals surface area (Å²) >= 11 is 1.45. The van der Waals surface area contributed by atoms with Gasteiger partial charge in [-0.2, -0.15) is 0 Å². The van der Waals surface area contributed by atoms with E-state index in [1.165, 1.54) is 23.5 Å². The molecule has 0 amide bonds. The van der Waals surface area contributed by atoms with E-state index in [0.717, 1.165) is 15.8 Å². The molecule has 2 nitrogen and oxygen atoms in total. The van der Waals surface area contributed by atoms with E-state index in [2.05, 4.69) is 0 Å². The maximum absolute atomic E-state index is 13.2. The predicted molar refractivity (Wildman–Crippen MR) is 72.2 cm³/mol. The Bertz CT molecular complexity index is 550. The molecule has 3 N–H and O–H groups in total. The number of halogens is 2. The molecular weight excluding hydrogens is 268 g/mol. The van der Waals surface area contributed by atoms with Crippen molar-refractivity contribution in [1.29, 1.82) is 0 Å². The fourth-order valence-corrected chi connectivity index (χ4v) is 2.98. The van der Waals surface area contributed by atoms with Gasteiger partial charge in [0, 0.05) is 28.3 Å². The van der Waals surface area contributed by atoms with Gasteiger partial charge in [0.15, 0.2) is 0 Å². The van der Waals surface area contributed by atoms with Crippen LogP contribution in [0.3, 0.4) is 0 Å². The van der Waals surface area contributed by atoms with Crippen molar-refractivity contribution >= 4 is 11.3 Å². The van der Waals surface area contributed by atoms with Crippen molar-refractivity contribution in [2.45, 2.75) is 18.9 Å². The number of rotatable bonds is 4. The molecule has 0 aliphatic carbocycles. The summed E-state index contributed by atoms with van der Waals surface area (Å²) in [7, 11) is 0. The van der Waals surface area contributed by atoms with Crippen LogP contribution < -0.4 is 5.73 Å². The van der Waals surface area contributed by atoms with Gasteiger partial charge in [-0.25, -0.2) is 8.78 Å². The SMILES string of the molecule is Cc1ccc(C(O)C(CN)c2cc(F)cc(F)c2)s1. The lowest BCUT2D eigenvalue weighted by Gasteiger charge is -2.21. The quantitative estimate of drug-likeness (QED) is 0.905. The Balaban J connectivity index is 2.33. The van der Waals surface area contributed by atoms with E-state index in [9.17, 15) is 13.9 Å². The molecule has 0 aliphatic rings. The zero-order chi connectivity index (χ0) is 14.0. The van der Waals surface area contributed by atoms with Gasteiger partial charge < -0.3 is 10.8 Å². The first-order valence-electron chi connectivity index (χ1n) is 5.91. The van der Waals surface area contributed by atoms with Crippen molar-refractivity contribution in [1.82, 2.24) is 0 Å². The summed E-state index contributed by atoms with van der Waals surface area (Å²) in [6.45, 7) is 2.04. The van der Waals surface area contributed by atoms with Crippen molar-refractivity contribution in [3.05, 3.63) is 57.3 Å². The minimum Gasteiger partial charge on any atom is -0.387 e. The van der Waals surface area contributed by atoms with Crippen molar-refractivity contribution in [3.63, 3.8) is 0 Å². The van der Waals surface area contributed by atoms with Gasteiger partial charge in [0.25, 0.3) is 0 Å². The predicted octanol–water partition coefficient (Wildman–Crippen LogP) is 3.11. The molecule has 0 saturated heterocycles. The molecular formula is C14H15F2NOS. The molecule has 0 fully saturated rings. The Labute approximate surface area is 114 Å². The first-order valence-corrected chi connectivity index (χ1v) is 6.73. The van der Waals surface area contributed by atoms with E-state index >= 15 is 0 Å². The smallest absolute Gasteiger partial charge is 0.126 e. The van der Waals surface area contributed by atoms with Gasteiger partial charge in [0.2, 0.25) is 0 Å². The van der Waals surface area contributed by atoms with Crippen LogP contribution in [0.15, 0.2) is 30.3 Å². The monoisotopic (exact) mass is 283 g/mol. The summed E-state index contributed by atoms with van der Waals surface area (Å²) < 4.78 is 26.5. The summed E-state index contributed by atoms with van der Waals surface area (Å²) in [5, 5.41) is 10.3. The summed E-state index contributed by atoms with van der Waals surface area (Å²) in [6.07, 6.45) is -0.857. The van der Waals surface area contributed by atoms with Crippen LogP contribution in [0, 0.1) is 18.6 Å². The second kappa shape index (κ2) is 5.77. The van der Waals surface area contributed by atoms with Crippen molar-refractivity contribution in [2.75, 3.05) is 6.54 Å². The molecule has 102 valence electrons. The molecule has 1 aromatic carbocycles. The molecule has 0 radical (unpaired) electrons. The Kier molecular flexibility index (Phi) is 4.29. The van der Waals surface area contributed by atoms with E-state index in [1.54, 1.807) is 0 Å². The Morgan fingerprint density at radius 1 is 1.21 bits per heavy atom. The average Bonchev–Trinajstić information content (AvgIpc) is 2.75. The van der Waals surface area contributed by atoms with Crippen molar-refractivity contribution in [2.24, 2.45) is 5.73 Å². The number of aliphatic hydroxyl groups excluding tert-OH is 1. The highest BCUT2D eigenvalue weighted by molar-refractivity contribution is 7.12. The van der Waals surface area contributed by atoms with Gasteiger partial charge in [-0.1, -0.05) is 0 Å².